The first-order valence-corrected chi connectivity index (χ1v) is 9.82. The van der Waals surface area contributed by atoms with E-state index in [0.29, 0.717) is 12.1 Å². The molecule has 0 aliphatic carbocycles. The monoisotopic (exact) mass is 513 g/mol. The van der Waals surface area contributed by atoms with E-state index in [-0.39, 0.29) is 42.5 Å². The molecule has 1 aliphatic rings. The Morgan fingerprint density at radius 2 is 1.93 bits per heavy atom. The normalized spacial score (nSPS) is 15.0. The summed E-state index contributed by atoms with van der Waals surface area (Å²) in [5.41, 5.74) is 1.18. The van der Waals surface area contributed by atoms with E-state index in [9.17, 15) is 9.50 Å². The molecular weight excluding hydrogens is 484 g/mol. The number of piperidine rings is 1. The van der Waals surface area contributed by atoms with Gasteiger partial charge in [-0.3, -0.25) is 0 Å². The third-order valence-electron chi connectivity index (χ3n) is 4.81. The van der Waals surface area contributed by atoms with Gasteiger partial charge >= 0.3 is 0 Å². The molecule has 0 aromatic heterocycles. The number of para-hydroxylation sites is 1. The van der Waals surface area contributed by atoms with Crippen LogP contribution in [-0.2, 0) is 13.2 Å². The lowest BCUT2D eigenvalue weighted by Gasteiger charge is -2.34. The average molecular weight is 513 g/mol. The van der Waals surface area contributed by atoms with Crippen molar-refractivity contribution in [3.63, 3.8) is 0 Å². The molecule has 0 radical (unpaired) electrons. The molecule has 0 saturated carbocycles. The molecule has 7 heteroatoms. The number of halogens is 2. The van der Waals surface area contributed by atoms with Gasteiger partial charge in [-0.1, -0.05) is 24.3 Å². The summed E-state index contributed by atoms with van der Waals surface area (Å²) in [4.78, 5) is 6.95. The van der Waals surface area contributed by atoms with Gasteiger partial charge in [0, 0.05) is 38.0 Å². The minimum Gasteiger partial charge on any atom is -0.490 e. The number of aliphatic hydroxyl groups excluding tert-OH is 1. The molecule has 0 unspecified atom stereocenters. The van der Waals surface area contributed by atoms with Gasteiger partial charge in [0.2, 0.25) is 0 Å². The molecule has 2 N–H and O–H groups in total. The summed E-state index contributed by atoms with van der Waals surface area (Å²) in [6, 6.07) is 14.7. The van der Waals surface area contributed by atoms with Crippen LogP contribution in [-0.4, -0.2) is 41.7 Å². The summed E-state index contributed by atoms with van der Waals surface area (Å²) in [5.74, 6) is 1.38. The molecule has 0 atom stereocenters. The number of hydrogen-bond donors (Lipinski definition) is 2. The van der Waals surface area contributed by atoms with Crippen LogP contribution in [0.3, 0.4) is 0 Å². The number of aliphatic hydroxyl groups is 1. The Labute approximate surface area is 189 Å². The van der Waals surface area contributed by atoms with E-state index in [4.69, 9.17) is 9.73 Å². The van der Waals surface area contributed by atoms with Crippen LogP contribution in [0.4, 0.5) is 4.39 Å². The van der Waals surface area contributed by atoms with Crippen molar-refractivity contribution in [2.75, 3.05) is 19.6 Å². The summed E-state index contributed by atoms with van der Waals surface area (Å²) in [7, 11) is 0. The zero-order valence-electron chi connectivity index (χ0n) is 16.7. The lowest BCUT2D eigenvalue weighted by Crippen LogP contribution is -2.47. The van der Waals surface area contributed by atoms with Crippen molar-refractivity contribution in [2.45, 2.75) is 39.0 Å². The molecule has 2 aromatic rings. The number of hydrogen-bond acceptors (Lipinski definition) is 3. The Morgan fingerprint density at radius 1 is 1.21 bits per heavy atom. The maximum Gasteiger partial charge on any atom is 0.194 e. The number of ether oxygens (including phenoxy) is 1. The fraction of sp³-hybridized carbons (Fsp3) is 0.409. The molecule has 29 heavy (non-hydrogen) atoms. The van der Waals surface area contributed by atoms with E-state index in [2.05, 4.69) is 10.2 Å². The van der Waals surface area contributed by atoms with Crippen molar-refractivity contribution < 1.29 is 14.2 Å². The molecule has 0 bridgehead atoms. The average Bonchev–Trinajstić information content (AvgIpc) is 2.73. The predicted molar refractivity (Wildman–Crippen MR) is 124 cm³/mol. The van der Waals surface area contributed by atoms with Crippen molar-refractivity contribution in [1.29, 1.82) is 0 Å². The van der Waals surface area contributed by atoms with E-state index in [1.165, 1.54) is 6.07 Å². The Kier molecular flexibility index (Phi) is 9.66. The number of nitrogens with one attached hydrogen (secondary N) is 1. The summed E-state index contributed by atoms with van der Waals surface area (Å²) in [6.45, 7) is 4.70. The van der Waals surface area contributed by atoms with Gasteiger partial charge < -0.3 is 20.1 Å². The smallest absolute Gasteiger partial charge is 0.194 e. The minimum atomic E-state index is -0.386. The molecule has 1 saturated heterocycles. The van der Waals surface area contributed by atoms with Crippen molar-refractivity contribution in [1.82, 2.24) is 10.2 Å². The van der Waals surface area contributed by atoms with E-state index in [1.807, 2.05) is 37.3 Å². The van der Waals surface area contributed by atoms with Gasteiger partial charge in [0.25, 0.3) is 0 Å². The molecule has 2 aromatic carbocycles. The first-order valence-electron chi connectivity index (χ1n) is 9.82. The zero-order chi connectivity index (χ0) is 19.8. The number of likely N-dealkylation sites (tertiary alicyclic amines) is 1. The molecule has 0 amide bonds. The van der Waals surface area contributed by atoms with Gasteiger partial charge in [0.1, 0.15) is 17.7 Å². The van der Waals surface area contributed by atoms with Gasteiger partial charge in [-0.15, -0.1) is 24.0 Å². The van der Waals surface area contributed by atoms with Gasteiger partial charge in [-0.25, -0.2) is 9.38 Å². The van der Waals surface area contributed by atoms with Crippen LogP contribution in [0.15, 0.2) is 53.5 Å². The van der Waals surface area contributed by atoms with E-state index in [0.717, 1.165) is 49.7 Å². The molecule has 1 fully saturated rings. The molecular formula is C22H29FIN3O2. The Balaban J connectivity index is 0.00000300. The maximum absolute atomic E-state index is 13.5. The second-order valence-corrected chi connectivity index (χ2v) is 6.87. The van der Waals surface area contributed by atoms with Gasteiger partial charge in [0.15, 0.2) is 5.96 Å². The standard InChI is InChI=1S/C22H28FN3O2.HI/c1-2-24-22(25-15-17-8-9-21(23)18(14-17)16-27)26-12-10-20(11-13-26)28-19-6-4-3-5-7-19;/h3-9,14,20,27H,2,10-13,15-16H2,1H3,(H,24,25);1H. The molecule has 1 aliphatic heterocycles. The van der Waals surface area contributed by atoms with Crippen LogP contribution in [0.25, 0.3) is 0 Å². The molecule has 5 nitrogen and oxygen atoms in total. The highest BCUT2D eigenvalue weighted by Gasteiger charge is 2.22. The third-order valence-corrected chi connectivity index (χ3v) is 4.81. The third kappa shape index (κ3) is 6.85. The Morgan fingerprint density at radius 3 is 2.59 bits per heavy atom. The zero-order valence-corrected chi connectivity index (χ0v) is 19.0. The van der Waals surface area contributed by atoms with Crippen LogP contribution in [0, 0.1) is 5.82 Å². The molecule has 158 valence electrons. The summed E-state index contributed by atoms with van der Waals surface area (Å²) in [5, 5.41) is 12.6. The fourth-order valence-corrected chi connectivity index (χ4v) is 3.32. The van der Waals surface area contributed by atoms with Crippen LogP contribution < -0.4 is 10.1 Å². The lowest BCUT2D eigenvalue weighted by atomic mass is 10.1. The van der Waals surface area contributed by atoms with Crippen LogP contribution in [0.2, 0.25) is 0 Å². The topological polar surface area (TPSA) is 57.1 Å². The largest absolute Gasteiger partial charge is 0.490 e. The number of nitrogens with zero attached hydrogens (tertiary/aromatic N) is 2. The van der Waals surface area contributed by atoms with E-state index in [1.54, 1.807) is 12.1 Å². The fourth-order valence-electron chi connectivity index (χ4n) is 3.32. The second kappa shape index (κ2) is 12.0. The van der Waals surface area contributed by atoms with Gasteiger partial charge in [-0.05, 0) is 36.8 Å². The number of rotatable bonds is 6. The van der Waals surface area contributed by atoms with Crippen LogP contribution >= 0.6 is 24.0 Å². The molecule has 0 spiro atoms. The predicted octanol–water partition coefficient (Wildman–Crippen LogP) is 3.94. The number of guanidine groups is 1. The summed E-state index contributed by atoms with van der Waals surface area (Å²) in [6.07, 6.45) is 2.08. The van der Waals surface area contributed by atoms with E-state index >= 15 is 0 Å². The van der Waals surface area contributed by atoms with Gasteiger partial charge in [-0.2, -0.15) is 0 Å². The summed E-state index contributed by atoms with van der Waals surface area (Å²) >= 11 is 0. The maximum atomic E-state index is 13.5. The van der Waals surface area contributed by atoms with Crippen molar-refractivity contribution in [2.24, 2.45) is 4.99 Å². The lowest BCUT2D eigenvalue weighted by molar-refractivity contribution is 0.129. The van der Waals surface area contributed by atoms with Crippen LogP contribution in [0.5, 0.6) is 5.75 Å². The Hall–Kier alpha value is -1.87. The van der Waals surface area contributed by atoms with Crippen molar-refractivity contribution in [3.05, 3.63) is 65.5 Å². The van der Waals surface area contributed by atoms with Gasteiger partial charge in [0.05, 0.1) is 13.2 Å². The highest BCUT2D eigenvalue weighted by molar-refractivity contribution is 14.0. The minimum absolute atomic E-state index is 0. The highest BCUT2D eigenvalue weighted by Crippen LogP contribution is 2.19. The van der Waals surface area contributed by atoms with Crippen molar-refractivity contribution in [3.8, 4) is 5.75 Å². The van der Waals surface area contributed by atoms with E-state index < -0.39 is 0 Å². The van der Waals surface area contributed by atoms with Crippen LogP contribution in [0.1, 0.15) is 30.9 Å². The Bertz CT molecular complexity index is 781. The summed E-state index contributed by atoms with van der Waals surface area (Å²) < 4.78 is 19.6. The number of aliphatic imine (C=N–C) groups is 1. The second-order valence-electron chi connectivity index (χ2n) is 6.87. The highest BCUT2D eigenvalue weighted by atomic mass is 127. The first-order chi connectivity index (χ1) is 13.7. The molecule has 1 heterocycles. The first kappa shape index (κ1) is 23.4. The van der Waals surface area contributed by atoms with Crippen molar-refractivity contribution >= 4 is 29.9 Å². The molecule has 3 rings (SSSR count). The quantitative estimate of drug-likeness (QED) is 0.349. The SMILES string of the molecule is CCNC(=NCc1ccc(F)c(CO)c1)N1CCC(Oc2ccccc2)CC1.I. The number of benzene rings is 2.